The minimum Gasteiger partial charge on any atom is -0.549 e. The lowest BCUT2D eigenvalue weighted by Gasteiger charge is -2.16. The van der Waals surface area contributed by atoms with Crippen LogP contribution in [0.3, 0.4) is 0 Å². The second kappa shape index (κ2) is 4.84. The van der Waals surface area contributed by atoms with E-state index in [1.807, 2.05) is 0 Å². The molecule has 0 aliphatic carbocycles. The molecule has 0 saturated heterocycles. The first-order valence-electron chi connectivity index (χ1n) is 4.60. The SMILES string of the molecule is CCC(C(=O)[O-])S(=O)(=O)c1ccc(Cl)cc1. The van der Waals surface area contributed by atoms with Crippen molar-refractivity contribution >= 4 is 27.4 Å². The Morgan fingerprint density at radius 2 is 1.88 bits per heavy atom. The van der Waals surface area contributed by atoms with Crippen LogP contribution in [0.5, 0.6) is 0 Å². The highest BCUT2D eigenvalue weighted by Crippen LogP contribution is 2.20. The van der Waals surface area contributed by atoms with Gasteiger partial charge in [0.2, 0.25) is 0 Å². The van der Waals surface area contributed by atoms with E-state index in [4.69, 9.17) is 11.6 Å². The minimum absolute atomic E-state index is 0.0344. The highest BCUT2D eigenvalue weighted by atomic mass is 35.5. The van der Waals surface area contributed by atoms with E-state index in [0.717, 1.165) is 0 Å². The van der Waals surface area contributed by atoms with E-state index >= 15 is 0 Å². The molecule has 0 radical (unpaired) electrons. The van der Waals surface area contributed by atoms with E-state index in [1.165, 1.54) is 31.2 Å². The molecule has 0 heterocycles. The quantitative estimate of drug-likeness (QED) is 0.797. The van der Waals surface area contributed by atoms with Crippen LogP contribution in [-0.4, -0.2) is 19.6 Å². The van der Waals surface area contributed by atoms with Crippen LogP contribution in [0.1, 0.15) is 13.3 Å². The molecule has 0 fully saturated rings. The lowest BCUT2D eigenvalue weighted by atomic mass is 10.3. The Balaban J connectivity index is 3.20. The molecule has 1 unspecified atom stereocenters. The van der Waals surface area contributed by atoms with Gasteiger partial charge in [0.25, 0.3) is 0 Å². The number of sulfone groups is 1. The van der Waals surface area contributed by atoms with Crippen LogP contribution in [0, 0.1) is 0 Å². The summed E-state index contributed by atoms with van der Waals surface area (Å²) in [7, 11) is -3.89. The molecule has 0 aliphatic heterocycles. The molecule has 0 saturated carbocycles. The number of halogens is 1. The van der Waals surface area contributed by atoms with Crippen LogP contribution in [0.25, 0.3) is 0 Å². The summed E-state index contributed by atoms with van der Waals surface area (Å²) in [5.41, 5.74) is 0. The average molecular weight is 262 g/mol. The van der Waals surface area contributed by atoms with Gasteiger partial charge in [0, 0.05) is 5.02 Å². The number of benzene rings is 1. The number of rotatable bonds is 4. The van der Waals surface area contributed by atoms with Gasteiger partial charge in [0.15, 0.2) is 9.84 Å². The van der Waals surface area contributed by atoms with Gasteiger partial charge >= 0.3 is 0 Å². The molecule has 6 heteroatoms. The van der Waals surface area contributed by atoms with Crippen molar-refractivity contribution in [3.8, 4) is 0 Å². The van der Waals surface area contributed by atoms with E-state index in [0.29, 0.717) is 5.02 Å². The summed E-state index contributed by atoms with van der Waals surface area (Å²) < 4.78 is 23.7. The molecular formula is C10H10ClO4S-. The van der Waals surface area contributed by atoms with Crippen LogP contribution in [0.2, 0.25) is 5.02 Å². The zero-order chi connectivity index (χ0) is 12.3. The zero-order valence-electron chi connectivity index (χ0n) is 8.51. The van der Waals surface area contributed by atoms with Crippen LogP contribution in [0.4, 0.5) is 0 Å². The van der Waals surface area contributed by atoms with E-state index < -0.39 is 21.1 Å². The van der Waals surface area contributed by atoms with Gasteiger partial charge in [-0.1, -0.05) is 18.5 Å². The van der Waals surface area contributed by atoms with Crippen molar-refractivity contribution in [1.29, 1.82) is 0 Å². The lowest BCUT2D eigenvalue weighted by Crippen LogP contribution is -2.40. The van der Waals surface area contributed by atoms with Gasteiger partial charge in [-0.2, -0.15) is 0 Å². The molecule has 0 bridgehead atoms. The number of hydrogen-bond acceptors (Lipinski definition) is 4. The molecule has 0 N–H and O–H groups in total. The Kier molecular flexibility index (Phi) is 3.93. The van der Waals surface area contributed by atoms with Crippen molar-refractivity contribution in [3.63, 3.8) is 0 Å². The van der Waals surface area contributed by atoms with Crippen molar-refractivity contribution in [3.05, 3.63) is 29.3 Å². The predicted molar refractivity (Wildman–Crippen MR) is 57.7 cm³/mol. The maximum Gasteiger partial charge on any atom is 0.186 e. The average Bonchev–Trinajstić information content (AvgIpc) is 2.18. The first kappa shape index (κ1) is 13.0. The molecule has 1 rings (SSSR count). The highest BCUT2D eigenvalue weighted by Gasteiger charge is 2.26. The summed E-state index contributed by atoms with van der Waals surface area (Å²) in [6, 6.07) is 5.36. The van der Waals surface area contributed by atoms with Crippen LogP contribution >= 0.6 is 11.6 Å². The van der Waals surface area contributed by atoms with Gasteiger partial charge in [-0.3, -0.25) is 0 Å². The van der Waals surface area contributed by atoms with E-state index in [1.54, 1.807) is 0 Å². The fraction of sp³-hybridized carbons (Fsp3) is 0.300. The number of aliphatic carboxylic acids is 1. The summed E-state index contributed by atoms with van der Waals surface area (Å²) in [6.45, 7) is 1.48. The van der Waals surface area contributed by atoms with Crippen molar-refractivity contribution in [2.45, 2.75) is 23.5 Å². The molecule has 16 heavy (non-hydrogen) atoms. The lowest BCUT2D eigenvalue weighted by molar-refractivity contribution is -0.305. The standard InChI is InChI=1S/C10H11ClO4S/c1-2-9(10(12)13)16(14,15)8-5-3-7(11)4-6-8/h3-6,9H,2H2,1H3,(H,12,13)/p-1. The second-order valence-corrected chi connectivity index (χ2v) is 5.78. The van der Waals surface area contributed by atoms with Gasteiger partial charge in [0.1, 0.15) is 5.25 Å². The Morgan fingerprint density at radius 1 is 1.38 bits per heavy atom. The summed E-state index contributed by atoms with van der Waals surface area (Å²) in [5, 5.41) is 9.57. The Morgan fingerprint density at radius 3 is 2.25 bits per heavy atom. The highest BCUT2D eigenvalue weighted by molar-refractivity contribution is 7.92. The fourth-order valence-corrected chi connectivity index (χ4v) is 2.96. The fourth-order valence-electron chi connectivity index (χ4n) is 1.30. The number of carbonyl (C=O) groups excluding carboxylic acids is 1. The largest absolute Gasteiger partial charge is 0.549 e. The Labute approximate surface area is 98.8 Å². The summed E-state index contributed by atoms with van der Waals surface area (Å²) in [6.07, 6.45) is -0.0344. The molecular weight excluding hydrogens is 252 g/mol. The number of carboxylic acid groups (broad SMARTS) is 1. The maximum atomic E-state index is 11.9. The van der Waals surface area contributed by atoms with Crippen LogP contribution < -0.4 is 5.11 Å². The van der Waals surface area contributed by atoms with Gasteiger partial charge in [-0.15, -0.1) is 0 Å². The second-order valence-electron chi connectivity index (χ2n) is 3.21. The number of hydrogen-bond donors (Lipinski definition) is 0. The topological polar surface area (TPSA) is 74.3 Å². The maximum absolute atomic E-state index is 11.9. The molecule has 0 amide bonds. The first-order valence-corrected chi connectivity index (χ1v) is 6.52. The third-order valence-electron chi connectivity index (χ3n) is 2.15. The summed E-state index contributed by atoms with van der Waals surface area (Å²) in [4.78, 5) is 10.6. The minimum atomic E-state index is -3.89. The van der Waals surface area contributed by atoms with Crippen molar-refractivity contribution in [2.24, 2.45) is 0 Å². The number of carbonyl (C=O) groups is 1. The molecule has 0 aromatic heterocycles. The van der Waals surface area contributed by atoms with Gasteiger partial charge < -0.3 is 9.90 Å². The van der Waals surface area contributed by atoms with Crippen molar-refractivity contribution in [1.82, 2.24) is 0 Å². The molecule has 4 nitrogen and oxygen atoms in total. The molecule has 1 atom stereocenters. The van der Waals surface area contributed by atoms with E-state index in [9.17, 15) is 18.3 Å². The Bertz CT molecular complexity index is 478. The first-order chi connectivity index (χ1) is 7.39. The molecule has 1 aromatic carbocycles. The monoisotopic (exact) mass is 261 g/mol. The van der Waals surface area contributed by atoms with Gasteiger partial charge in [-0.05, 0) is 30.7 Å². The van der Waals surface area contributed by atoms with E-state index in [-0.39, 0.29) is 11.3 Å². The van der Waals surface area contributed by atoms with Crippen LogP contribution in [-0.2, 0) is 14.6 Å². The third-order valence-corrected chi connectivity index (χ3v) is 4.61. The Hall–Kier alpha value is -1.07. The molecule has 88 valence electrons. The predicted octanol–water partition coefficient (Wildman–Crippen LogP) is 0.642. The summed E-state index contributed by atoms with van der Waals surface area (Å²) >= 11 is 5.61. The zero-order valence-corrected chi connectivity index (χ0v) is 10.1. The van der Waals surface area contributed by atoms with E-state index in [2.05, 4.69) is 0 Å². The third kappa shape index (κ3) is 2.54. The van der Waals surface area contributed by atoms with Crippen molar-refractivity contribution in [2.75, 3.05) is 0 Å². The number of carboxylic acids is 1. The van der Waals surface area contributed by atoms with Crippen molar-refractivity contribution < 1.29 is 18.3 Å². The molecule has 0 aliphatic rings. The van der Waals surface area contributed by atoms with Gasteiger partial charge in [-0.25, -0.2) is 8.42 Å². The van der Waals surface area contributed by atoms with Gasteiger partial charge in [0.05, 0.1) is 10.9 Å². The molecule has 1 aromatic rings. The van der Waals surface area contributed by atoms with Crippen LogP contribution in [0.15, 0.2) is 29.2 Å². The normalized spacial score (nSPS) is 13.4. The molecule has 0 spiro atoms. The smallest absolute Gasteiger partial charge is 0.186 e. The summed E-state index contributed by atoms with van der Waals surface area (Å²) in [5.74, 6) is -1.59.